The molecule has 1 aliphatic rings. The van der Waals surface area contributed by atoms with Crippen molar-refractivity contribution in [1.82, 2.24) is 10.3 Å². The molecule has 0 atom stereocenters. The molecule has 2 heterocycles. The first-order valence-corrected chi connectivity index (χ1v) is 9.81. The number of pyridine rings is 1. The van der Waals surface area contributed by atoms with Gasteiger partial charge in [0.1, 0.15) is 5.82 Å². The van der Waals surface area contributed by atoms with Crippen molar-refractivity contribution in [1.29, 1.82) is 0 Å². The van der Waals surface area contributed by atoms with E-state index in [1.54, 1.807) is 12.3 Å². The monoisotopic (exact) mass is 525 g/mol. The number of halogens is 1. The second-order valence-corrected chi connectivity index (χ2v) is 6.62. The van der Waals surface area contributed by atoms with Gasteiger partial charge in [0.15, 0.2) is 17.5 Å². The number of rotatable bonds is 6. The molecule has 3 N–H and O–H groups in total. The molecule has 30 heavy (non-hydrogen) atoms. The van der Waals surface area contributed by atoms with Crippen molar-refractivity contribution < 1.29 is 14.3 Å². The zero-order valence-corrected chi connectivity index (χ0v) is 19.6. The van der Waals surface area contributed by atoms with E-state index in [2.05, 4.69) is 25.9 Å². The summed E-state index contributed by atoms with van der Waals surface area (Å²) >= 11 is 0. The molecule has 2 aromatic rings. The molecule has 0 bridgehead atoms. The van der Waals surface area contributed by atoms with Gasteiger partial charge >= 0.3 is 0 Å². The normalized spacial score (nSPS) is 12.9. The summed E-state index contributed by atoms with van der Waals surface area (Å²) in [6.07, 6.45) is 2.84. The largest absolute Gasteiger partial charge is 0.490 e. The summed E-state index contributed by atoms with van der Waals surface area (Å²) in [6, 6.07) is 9.38. The van der Waals surface area contributed by atoms with Gasteiger partial charge in [-0.2, -0.15) is 0 Å². The van der Waals surface area contributed by atoms with Crippen LogP contribution < -0.4 is 25.4 Å². The minimum Gasteiger partial charge on any atom is -0.490 e. The number of fused-ring (bicyclic) bond motifs is 1. The van der Waals surface area contributed by atoms with E-state index >= 15 is 0 Å². The quantitative estimate of drug-likeness (QED) is 0.303. The number of aromatic nitrogens is 1. The van der Waals surface area contributed by atoms with Crippen LogP contribution in [0.2, 0.25) is 0 Å². The average Bonchev–Trinajstić information content (AvgIpc) is 2.95. The lowest BCUT2D eigenvalue weighted by atomic mass is 10.2. The number of hydrogen-bond acceptors (Lipinski definition) is 5. The van der Waals surface area contributed by atoms with E-state index < -0.39 is 0 Å². The third-order valence-corrected chi connectivity index (χ3v) is 4.14. The Kier molecular flexibility index (Phi) is 9.65. The summed E-state index contributed by atoms with van der Waals surface area (Å²) in [5.74, 6) is 2.48. The lowest BCUT2D eigenvalue weighted by molar-refractivity contribution is -0.116. The molecule has 8 nitrogen and oxygen atoms in total. The molecule has 0 fully saturated rings. The van der Waals surface area contributed by atoms with Crippen molar-refractivity contribution in [2.24, 2.45) is 4.99 Å². The highest BCUT2D eigenvalue weighted by Gasteiger charge is 2.11. The van der Waals surface area contributed by atoms with Crippen molar-refractivity contribution in [3.63, 3.8) is 0 Å². The van der Waals surface area contributed by atoms with E-state index in [0.717, 1.165) is 23.4 Å². The first kappa shape index (κ1) is 23.7. The highest BCUT2D eigenvalue weighted by atomic mass is 127. The van der Waals surface area contributed by atoms with E-state index in [9.17, 15) is 4.79 Å². The molecule has 0 radical (unpaired) electrons. The molecule has 0 saturated heterocycles. The van der Waals surface area contributed by atoms with Crippen LogP contribution in [0.25, 0.3) is 0 Å². The Labute approximate surface area is 193 Å². The van der Waals surface area contributed by atoms with Crippen molar-refractivity contribution >= 4 is 47.3 Å². The SMILES string of the molecule is CCNC(=NCCC(=O)Nc1ccc(C)cn1)Nc1ccc2c(c1)OCCCO2.I. The van der Waals surface area contributed by atoms with Crippen LogP contribution in [0.3, 0.4) is 0 Å². The van der Waals surface area contributed by atoms with Gasteiger partial charge in [0.05, 0.1) is 19.8 Å². The molecule has 1 aromatic carbocycles. The molecule has 162 valence electrons. The first-order chi connectivity index (χ1) is 14.1. The number of anilines is 2. The Balaban J connectivity index is 0.00000320. The predicted octanol–water partition coefficient (Wildman–Crippen LogP) is 3.58. The average molecular weight is 525 g/mol. The maximum absolute atomic E-state index is 12.1. The number of hydrogen-bond donors (Lipinski definition) is 3. The number of nitrogens with one attached hydrogen (secondary N) is 3. The minimum absolute atomic E-state index is 0. The van der Waals surface area contributed by atoms with E-state index in [1.807, 2.05) is 38.1 Å². The van der Waals surface area contributed by atoms with Crippen LogP contribution in [0.5, 0.6) is 11.5 Å². The van der Waals surface area contributed by atoms with Gasteiger partial charge in [0.2, 0.25) is 5.91 Å². The van der Waals surface area contributed by atoms with Crippen LogP contribution in [-0.4, -0.2) is 43.2 Å². The number of benzene rings is 1. The Morgan fingerprint density at radius 1 is 1.13 bits per heavy atom. The molecule has 0 aliphatic carbocycles. The smallest absolute Gasteiger partial charge is 0.227 e. The molecule has 1 aliphatic heterocycles. The molecule has 3 rings (SSSR count). The highest BCUT2D eigenvalue weighted by molar-refractivity contribution is 14.0. The number of ether oxygens (including phenoxy) is 2. The van der Waals surface area contributed by atoms with Gasteiger partial charge in [-0.1, -0.05) is 6.07 Å². The summed E-state index contributed by atoms with van der Waals surface area (Å²) in [5, 5.41) is 9.19. The molecule has 9 heteroatoms. The number of amides is 1. The number of aliphatic imine (C=N–C) groups is 1. The fourth-order valence-electron chi connectivity index (χ4n) is 2.70. The number of carbonyl (C=O) groups is 1. The number of aryl methyl sites for hydroxylation is 1. The lowest BCUT2D eigenvalue weighted by Crippen LogP contribution is -2.31. The fourth-order valence-corrected chi connectivity index (χ4v) is 2.70. The molecular weight excluding hydrogens is 497 g/mol. The van der Waals surface area contributed by atoms with Crippen LogP contribution in [0.1, 0.15) is 25.3 Å². The fraction of sp³-hybridized carbons (Fsp3) is 0.381. The van der Waals surface area contributed by atoms with Crippen molar-refractivity contribution in [3.05, 3.63) is 42.1 Å². The second kappa shape index (κ2) is 12.2. The summed E-state index contributed by atoms with van der Waals surface area (Å²) in [7, 11) is 0. The molecule has 1 aromatic heterocycles. The maximum Gasteiger partial charge on any atom is 0.227 e. The number of carbonyl (C=O) groups excluding carboxylic acids is 1. The Hall–Kier alpha value is -2.56. The van der Waals surface area contributed by atoms with Crippen LogP contribution >= 0.6 is 24.0 Å². The van der Waals surface area contributed by atoms with Gasteiger partial charge < -0.3 is 25.4 Å². The summed E-state index contributed by atoms with van der Waals surface area (Å²) in [4.78, 5) is 20.7. The summed E-state index contributed by atoms with van der Waals surface area (Å²) in [6.45, 7) is 6.28. The highest BCUT2D eigenvalue weighted by Crippen LogP contribution is 2.32. The third kappa shape index (κ3) is 7.36. The van der Waals surface area contributed by atoms with Gasteiger partial charge in [-0.25, -0.2) is 4.98 Å². The molecule has 0 spiro atoms. The van der Waals surface area contributed by atoms with Crippen LogP contribution in [0.4, 0.5) is 11.5 Å². The topological polar surface area (TPSA) is 96.9 Å². The summed E-state index contributed by atoms with van der Waals surface area (Å²) in [5.41, 5.74) is 1.88. The Morgan fingerprint density at radius 2 is 1.93 bits per heavy atom. The molecule has 1 amide bonds. The lowest BCUT2D eigenvalue weighted by Gasteiger charge is -2.13. The van der Waals surface area contributed by atoms with Gasteiger partial charge in [-0.3, -0.25) is 9.79 Å². The standard InChI is InChI=1S/C21H27N5O3.HI/c1-3-22-21(23-10-9-20(27)26-19-8-5-15(2)14-24-19)25-16-6-7-17-18(13-16)29-12-4-11-28-17;/h5-8,13-14H,3-4,9-12H2,1-2H3,(H2,22,23,25)(H,24,26,27);1H. The predicted molar refractivity (Wildman–Crippen MR) is 129 cm³/mol. The maximum atomic E-state index is 12.1. The third-order valence-electron chi connectivity index (χ3n) is 4.14. The van der Waals surface area contributed by atoms with Gasteiger partial charge in [0.25, 0.3) is 0 Å². The Morgan fingerprint density at radius 3 is 2.67 bits per heavy atom. The Bertz CT molecular complexity index is 858. The zero-order valence-electron chi connectivity index (χ0n) is 17.2. The van der Waals surface area contributed by atoms with Crippen LogP contribution in [0, 0.1) is 6.92 Å². The van der Waals surface area contributed by atoms with Crippen LogP contribution in [0.15, 0.2) is 41.5 Å². The summed E-state index contributed by atoms with van der Waals surface area (Å²) < 4.78 is 11.4. The molecular formula is C21H28IN5O3. The van der Waals surface area contributed by atoms with Crippen molar-refractivity contribution in [3.8, 4) is 11.5 Å². The van der Waals surface area contributed by atoms with Crippen LogP contribution in [-0.2, 0) is 4.79 Å². The van der Waals surface area contributed by atoms with Gasteiger partial charge in [-0.05, 0) is 37.6 Å². The second-order valence-electron chi connectivity index (χ2n) is 6.62. The molecule has 0 saturated carbocycles. The van der Waals surface area contributed by atoms with E-state index in [1.165, 1.54) is 0 Å². The van der Waals surface area contributed by atoms with E-state index in [0.29, 0.717) is 43.8 Å². The molecule has 0 unspecified atom stereocenters. The number of nitrogens with zero attached hydrogens (tertiary/aromatic N) is 2. The minimum atomic E-state index is -0.128. The number of guanidine groups is 1. The van der Waals surface area contributed by atoms with E-state index in [-0.39, 0.29) is 36.3 Å². The van der Waals surface area contributed by atoms with E-state index in [4.69, 9.17) is 9.47 Å². The van der Waals surface area contributed by atoms with Gasteiger partial charge in [0, 0.05) is 37.3 Å². The van der Waals surface area contributed by atoms with Crippen molar-refractivity contribution in [2.75, 3.05) is 36.9 Å². The first-order valence-electron chi connectivity index (χ1n) is 9.81. The van der Waals surface area contributed by atoms with Crippen molar-refractivity contribution in [2.45, 2.75) is 26.7 Å². The van der Waals surface area contributed by atoms with Gasteiger partial charge in [-0.15, -0.1) is 24.0 Å². The zero-order chi connectivity index (χ0) is 20.5.